The lowest BCUT2D eigenvalue weighted by molar-refractivity contribution is 0.590. The summed E-state index contributed by atoms with van der Waals surface area (Å²) >= 11 is 0. The van der Waals surface area contributed by atoms with Crippen molar-refractivity contribution in [2.75, 3.05) is 11.3 Å². The van der Waals surface area contributed by atoms with Crippen molar-refractivity contribution in [3.05, 3.63) is 29.6 Å². The van der Waals surface area contributed by atoms with Crippen LogP contribution in [0, 0.1) is 17.7 Å². The van der Waals surface area contributed by atoms with Gasteiger partial charge in [0.2, 0.25) is 10.0 Å². The molecule has 6 heteroatoms. The largest absolute Gasteiger partial charge is 0.320 e. The van der Waals surface area contributed by atoms with Gasteiger partial charge in [0.05, 0.1) is 17.5 Å². The summed E-state index contributed by atoms with van der Waals surface area (Å²) in [6, 6.07) is 4.04. The number of sulfonamides is 1. The Morgan fingerprint density at radius 3 is 2.61 bits per heavy atom. The van der Waals surface area contributed by atoms with E-state index in [1.165, 1.54) is 32.0 Å². The molecular weight excluding hydrogens is 255 g/mol. The number of hydrogen-bond donors (Lipinski definition) is 2. The topological polar surface area (TPSA) is 72.2 Å². The minimum Gasteiger partial charge on any atom is -0.320 e. The van der Waals surface area contributed by atoms with Crippen molar-refractivity contribution in [3.8, 4) is 11.8 Å². The number of halogens is 1. The summed E-state index contributed by atoms with van der Waals surface area (Å²) < 4.78 is 39.0. The number of nitrogens with one attached hydrogen (secondary N) is 1. The smallest absolute Gasteiger partial charge is 0.235 e. The molecule has 98 valence electrons. The summed E-state index contributed by atoms with van der Waals surface area (Å²) in [6.07, 6.45) is 0. The fourth-order valence-corrected chi connectivity index (χ4v) is 1.81. The molecule has 0 saturated heterocycles. The summed E-state index contributed by atoms with van der Waals surface area (Å²) in [5, 5.41) is -0.631. The molecule has 0 saturated carbocycles. The maximum atomic E-state index is 13.6. The molecule has 0 aliphatic heterocycles. The molecule has 1 rings (SSSR count). The highest BCUT2D eigenvalue weighted by atomic mass is 32.2. The average Bonchev–Trinajstić information content (AvgIpc) is 2.29. The van der Waals surface area contributed by atoms with E-state index in [-0.39, 0.29) is 12.2 Å². The molecule has 0 amide bonds. The summed E-state index contributed by atoms with van der Waals surface area (Å²) in [6.45, 7) is 3.21. The third-order valence-electron chi connectivity index (χ3n) is 2.18. The molecule has 0 atom stereocenters. The maximum Gasteiger partial charge on any atom is 0.235 e. The van der Waals surface area contributed by atoms with Crippen molar-refractivity contribution in [1.29, 1.82) is 0 Å². The molecule has 0 unspecified atom stereocenters. The van der Waals surface area contributed by atoms with E-state index in [1.54, 1.807) is 0 Å². The van der Waals surface area contributed by atoms with Crippen molar-refractivity contribution in [2.45, 2.75) is 19.1 Å². The first kappa shape index (κ1) is 14.5. The van der Waals surface area contributed by atoms with Crippen LogP contribution in [-0.4, -0.2) is 20.2 Å². The first-order valence-electron chi connectivity index (χ1n) is 5.37. The highest BCUT2D eigenvalue weighted by Crippen LogP contribution is 2.18. The van der Waals surface area contributed by atoms with E-state index >= 15 is 0 Å². The molecule has 0 bridgehead atoms. The Kier molecular flexibility index (Phi) is 4.70. The fourth-order valence-electron chi connectivity index (χ4n) is 1.10. The Balaban J connectivity index is 3.00. The molecule has 1 aromatic carbocycles. The van der Waals surface area contributed by atoms with Crippen LogP contribution in [0.15, 0.2) is 18.2 Å². The van der Waals surface area contributed by atoms with E-state index in [0.29, 0.717) is 5.56 Å². The van der Waals surface area contributed by atoms with Crippen molar-refractivity contribution >= 4 is 15.7 Å². The van der Waals surface area contributed by atoms with Crippen LogP contribution >= 0.6 is 0 Å². The second kappa shape index (κ2) is 5.85. The van der Waals surface area contributed by atoms with Gasteiger partial charge in [0, 0.05) is 5.56 Å². The van der Waals surface area contributed by atoms with E-state index in [0.717, 1.165) is 0 Å². The Morgan fingerprint density at radius 1 is 1.44 bits per heavy atom. The van der Waals surface area contributed by atoms with Gasteiger partial charge in [0.25, 0.3) is 0 Å². The Morgan fingerprint density at radius 2 is 2.11 bits per heavy atom. The zero-order chi connectivity index (χ0) is 13.8. The fraction of sp³-hybridized carbons (Fsp3) is 0.333. The SMILES string of the molecule is CC(C)S(=O)(=O)Nc1ccc(C#CCN)cc1F. The monoisotopic (exact) mass is 270 g/mol. The Labute approximate surface area is 106 Å². The summed E-state index contributed by atoms with van der Waals surface area (Å²) in [5.74, 6) is 4.59. The van der Waals surface area contributed by atoms with Gasteiger partial charge in [-0.1, -0.05) is 11.8 Å². The second-order valence-corrected chi connectivity index (χ2v) is 6.13. The minimum absolute atomic E-state index is 0.0815. The molecule has 18 heavy (non-hydrogen) atoms. The second-order valence-electron chi connectivity index (χ2n) is 3.90. The number of anilines is 1. The molecule has 0 aliphatic carbocycles. The Bertz CT molecular complexity index is 586. The molecule has 0 aliphatic rings. The lowest BCUT2D eigenvalue weighted by Crippen LogP contribution is -2.23. The predicted octanol–water partition coefficient (Wildman–Crippen LogP) is 1.29. The van der Waals surface area contributed by atoms with Gasteiger partial charge in [0.15, 0.2) is 0 Å². The normalized spacial score (nSPS) is 10.9. The van der Waals surface area contributed by atoms with Crippen LogP contribution in [0.3, 0.4) is 0 Å². The van der Waals surface area contributed by atoms with Gasteiger partial charge < -0.3 is 5.73 Å². The number of hydrogen-bond acceptors (Lipinski definition) is 3. The predicted molar refractivity (Wildman–Crippen MR) is 70.0 cm³/mol. The third-order valence-corrected chi connectivity index (χ3v) is 3.92. The van der Waals surface area contributed by atoms with Gasteiger partial charge in [-0.05, 0) is 32.0 Å². The number of nitrogens with two attached hydrogens (primary N) is 1. The molecule has 0 radical (unpaired) electrons. The van der Waals surface area contributed by atoms with Gasteiger partial charge >= 0.3 is 0 Å². The van der Waals surface area contributed by atoms with Gasteiger partial charge in [-0.15, -0.1) is 0 Å². The van der Waals surface area contributed by atoms with E-state index in [4.69, 9.17) is 5.73 Å². The van der Waals surface area contributed by atoms with Crippen LogP contribution in [-0.2, 0) is 10.0 Å². The Hall–Kier alpha value is -1.58. The van der Waals surface area contributed by atoms with Crippen molar-refractivity contribution in [2.24, 2.45) is 5.73 Å². The van der Waals surface area contributed by atoms with Crippen molar-refractivity contribution < 1.29 is 12.8 Å². The van der Waals surface area contributed by atoms with Gasteiger partial charge in [0.1, 0.15) is 5.82 Å². The minimum atomic E-state index is -3.55. The zero-order valence-corrected chi connectivity index (χ0v) is 11.0. The van der Waals surface area contributed by atoms with Crippen LogP contribution in [0.1, 0.15) is 19.4 Å². The van der Waals surface area contributed by atoms with E-state index in [1.807, 2.05) is 0 Å². The van der Waals surface area contributed by atoms with Crippen LogP contribution in [0.4, 0.5) is 10.1 Å². The van der Waals surface area contributed by atoms with Crippen LogP contribution in [0.5, 0.6) is 0 Å². The van der Waals surface area contributed by atoms with Crippen LogP contribution in [0.2, 0.25) is 0 Å². The van der Waals surface area contributed by atoms with Crippen molar-refractivity contribution in [1.82, 2.24) is 0 Å². The van der Waals surface area contributed by atoms with E-state index < -0.39 is 21.1 Å². The molecule has 0 spiro atoms. The summed E-state index contributed by atoms with van der Waals surface area (Å²) in [7, 11) is -3.55. The van der Waals surface area contributed by atoms with Crippen LogP contribution < -0.4 is 10.5 Å². The first-order valence-corrected chi connectivity index (χ1v) is 6.91. The van der Waals surface area contributed by atoms with Crippen molar-refractivity contribution in [3.63, 3.8) is 0 Å². The molecular formula is C12H15FN2O2S. The summed E-state index contributed by atoms with van der Waals surface area (Å²) in [4.78, 5) is 0. The summed E-state index contributed by atoms with van der Waals surface area (Å²) in [5.41, 5.74) is 5.57. The van der Waals surface area contributed by atoms with Gasteiger partial charge in [-0.2, -0.15) is 0 Å². The first-order chi connectivity index (χ1) is 8.36. The molecule has 0 aromatic heterocycles. The quantitative estimate of drug-likeness (QED) is 0.813. The van der Waals surface area contributed by atoms with E-state index in [9.17, 15) is 12.8 Å². The molecule has 0 heterocycles. The zero-order valence-electron chi connectivity index (χ0n) is 10.2. The molecule has 3 N–H and O–H groups in total. The lowest BCUT2D eigenvalue weighted by atomic mass is 10.2. The standard InChI is InChI=1S/C12H15FN2O2S/c1-9(2)18(16,17)15-12-6-5-10(4-3-7-14)8-11(12)13/h5-6,8-9,15H,7,14H2,1-2H3. The third kappa shape index (κ3) is 3.72. The molecule has 4 nitrogen and oxygen atoms in total. The number of benzene rings is 1. The maximum absolute atomic E-state index is 13.6. The highest BCUT2D eigenvalue weighted by Gasteiger charge is 2.17. The lowest BCUT2D eigenvalue weighted by Gasteiger charge is -2.11. The molecule has 0 fully saturated rings. The highest BCUT2D eigenvalue weighted by molar-refractivity contribution is 7.93. The number of rotatable bonds is 3. The van der Waals surface area contributed by atoms with Crippen LogP contribution in [0.25, 0.3) is 0 Å². The van der Waals surface area contributed by atoms with Gasteiger partial charge in [-0.25, -0.2) is 12.8 Å². The molecule has 1 aromatic rings. The van der Waals surface area contributed by atoms with Gasteiger partial charge in [-0.3, -0.25) is 4.72 Å². The average molecular weight is 270 g/mol. The van der Waals surface area contributed by atoms with E-state index in [2.05, 4.69) is 16.6 Å².